The normalized spacial score (nSPS) is 11.7. The molecular formula is C42H26O. The largest absolute Gasteiger partial charge is 0.456 e. The quantitative estimate of drug-likeness (QED) is 0.201. The zero-order valence-corrected chi connectivity index (χ0v) is 23.4. The van der Waals surface area contributed by atoms with Crippen LogP contribution in [-0.2, 0) is 0 Å². The van der Waals surface area contributed by atoms with Gasteiger partial charge in [0.2, 0.25) is 0 Å². The van der Waals surface area contributed by atoms with Crippen LogP contribution in [0.15, 0.2) is 162 Å². The Morgan fingerprint density at radius 3 is 1.70 bits per heavy atom. The first-order valence-electron chi connectivity index (χ1n) is 14.8. The SMILES string of the molecule is c1ccc(-c2ccc3c(c2)oc2cccc(-c4ccc(-c5c6ccccc6cc6ccccc56)c5ccccc45)c23)cc1. The van der Waals surface area contributed by atoms with E-state index in [4.69, 9.17) is 4.42 Å². The minimum atomic E-state index is 0.908. The van der Waals surface area contributed by atoms with E-state index in [1.165, 1.54) is 60.1 Å². The minimum absolute atomic E-state index is 0.908. The van der Waals surface area contributed by atoms with E-state index < -0.39 is 0 Å². The molecular weight excluding hydrogens is 520 g/mol. The maximum Gasteiger partial charge on any atom is 0.136 e. The predicted molar refractivity (Wildman–Crippen MR) is 183 cm³/mol. The topological polar surface area (TPSA) is 13.1 Å². The van der Waals surface area contributed by atoms with Crippen LogP contribution in [0.3, 0.4) is 0 Å². The van der Waals surface area contributed by atoms with E-state index in [1.807, 2.05) is 6.07 Å². The van der Waals surface area contributed by atoms with Crippen LogP contribution in [0, 0.1) is 0 Å². The Balaban J connectivity index is 1.31. The molecule has 8 aromatic carbocycles. The van der Waals surface area contributed by atoms with Gasteiger partial charge < -0.3 is 4.42 Å². The van der Waals surface area contributed by atoms with Crippen molar-refractivity contribution in [2.45, 2.75) is 0 Å². The highest BCUT2D eigenvalue weighted by molar-refractivity contribution is 6.20. The summed E-state index contributed by atoms with van der Waals surface area (Å²) >= 11 is 0. The molecule has 0 aliphatic heterocycles. The van der Waals surface area contributed by atoms with Gasteiger partial charge >= 0.3 is 0 Å². The molecule has 43 heavy (non-hydrogen) atoms. The molecule has 0 amide bonds. The molecule has 0 bridgehead atoms. The second kappa shape index (κ2) is 9.44. The van der Waals surface area contributed by atoms with Crippen molar-refractivity contribution in [1.82, 2.24) is 0 Å². The Hall–Kier alpha value is -5.66. The van der Waals surface area contributed by atoms with Crippen molar-refractivity contribution in [3.63, 3.8) is 0 Å². The van der Waals surface area contributed by atoms with Crippen molar-refractivity contribution in [3.8, 4) is 33.4 Å². The third kappa shape index (κ3) is 3.72. The molecule has 1 heteroatoms. The molecule has 1 heterocycles. The van der Waals surface area contributed by atoms with Gasteiger partial charge in [0.25, 0.3) is 0 Å². The third-order valence-corrected chi connectivity index (χ3v) is 8.86. The van der Waals surface area contributed by atoms with Crippen LogP contribution in [-0.4, -0.2) is 0 Å². The average Bonchev–Trinajstić information content (AvgIpc) is 3.45. The molecule has 1 aromatic heterocycles. The lowest BCUT2D eigenvalue weighted by molar-refractivity contribution is 0.669. The predicted octanol–water partition coefficient (Wildman–Crippen LogP) is 12.0. The van der Waals surface area contributed by atoms with Gasteiger partial charge in [-0.05, 0) is 90.0 Å². The number of fused-ring (bicyclic) bond motifs is 6. The van der Waals surface area contributed by atoms with Gasteiger partial charge in [-0.15, -0.1) is 0 Å². The Labute approximate surface area is 249 Å². The lowest BCUT2D eigenvalue weighted by Crippen LogP contribution is -1.90. The Morgan fingerprint density at radius 2 is 0.953 bits per heavy atom. The summed E-state index contributed by atoms with van der Waals surface area (Å²) in [5.74, 6) is 0. The van der Waals surface area contributed by atoms with Gasteiger partial charge in [0.15, 0.2) is 0 Å². The van der Waals surface area contributed by atoms with Gasteiger partial charge in [0.1, 0.15) is 11.2 Å². The molecule has 9 aromatic rings. The van der Waals surface area contributed by atoms with Crippen LogP contribution >= 0.6 is 0 Å². The molecule has 0 atom stereocenters. The van der Waals surface area contributed by atoms with E-state index in [0.717, 1.165) is 27.5 Å². The summed E-state index contributed by atoms with van der Waals surface area (Å²) in [4.78, 5) is 0. The molecule has 0 radical (unpaired) electrons. The molecule has 200 valence electrons. The van der Waals surface area contributed by atoms with E-state index in [-0.39, 0.29) is 0 Å². The van der Waals surface area contributed by atoms with E-state index >= 15 is 0 Å². The van der Waals surface area contributed by atoms with Gasteiger partial charge in [-0.3, -0.25) is 0 Å². The van der Waals surface area contributed by atoms with Crippen molar-refractivity contribution in [2.75, 3.05) is 0 Å². The summed E-state index contributed by atoms with van der Waals surface area (Å²) in [5.41, 5.74) is 9.11. The highest BCUT2D eigenvalue weighted by Crippen LogP contribution is 2.44. The van der Waals surface area contributed by atoms with E-state index in [2.05, 4.69) is 152 Å². The van der Waals surface area contributed by atoms with Gasteiger partial charge in [-0.25, -0.2) is 0 Å². The first kappa shape index (κ1) is 24.0. The molecule has 0 aliphatic rings. The van der Waals surface area contributed by atoms with Crippen LogP contribution in [0.2, 0.25) is 0 Å². The van der Waals surface area contributed by atoms with E-state index in [0.29, 0.717) is 0 Å². The Morgan fingerprint density at radius 1 is 0.326 bits per heavy atom. The zero-order valence-electron chi connectivity index (χ0n) is 23.4. The van der Waals surface area contributed by atoms with Crippen molar-refractivity contribution in [3.05, 3.63) is 158 Å². The lowest BCUT2D eigenvalue weighted by atomic mass is 9.86. The summed E-state index contributed by atoms with van der Waals surface area (Å²) in [6, 6.07) is 56.7. The molecule has 0 aliphatic carbocycles. The number of hydrogen-bond acceptors (Lipinski definition) is 1. The van der Waals surface area contributed by atoms with Crippen molar-refractivity contribution in [2.24, 2.45) is 0 Å². The molecule has 0 spiro atoms. The van der Waals surface area contributed by atoms with Gasteiger partial charge in [-0.2, -0.15) is 0 Å². The van der Waals surface area contributed by atoms with Crippen molar-refractivity contribution in [1.29, 1.82) is 0 Å². The summed E-state index contributed by atoms with van der Waals surface area (Å²) in [6.07, 6.45) is 0. The monoisotopic (exact) mass is 546 g/mol. The fourth-order valence-corrected chi connectivity index (χ4v) is 6.92. The molecule has 9 rings (SSSR count). The van der Waals surface area contributed by atoms with Gasteiger partial charge in [0.05, 0.1) is 0 Å². The molecule has 0 N–H and O–H groups in total. The second-order valence-corrected chi connectivity index (χ2v) is 11.3. The molecule has 0 saturated heterocycles. The van der Waals surface area contributed by atoms with Crippen LogP contribution in [0.4, 0.5) is 0 Å². The Bertz CT molecular complexity index is 2440. The number of benzene rings is 8. The smallest absolute Gasteiger partial charge is 0.136 e. The first-order chi connectivity index (χ1) is 21.3. The fraction of sp³-hybridized carbons (Fsp3) is 0. The number of rotatable bonds is 3. The molecule has 0 unspecified atom stereocenters. The Kier molecular flexibility index (Phi) is 5.27. The maximum atomic E-state index is 6.48. The lowest BCUT2D eigenvalue weighted by Gasteiger charge is -2.16. The van der Waals surface area contributed by atoms with Crippen molar-refractivity contribution < 1.29 is 4.42 Å². The molecule has 1 nitrogen and oxygen atoms in total. The summed E-state index contributed by atoms with van der Waals surface area (Å²) < 4.78 is 6.48. The van der Waals surface area contributed by atoms with E-state index in [9.17, 15) is 0 Å². The highest BCUT2D eigenvalue weighted by atomic mass is 16.3. The van der Waals surface area contributed by atoms with Crippen LogP contribution in [0.5, 0.6) is 0 Å². The van der Waals surface area contributed by atoms with Gasteiger partial charge in [0, 0.05) is 10.8 Å². The van der Waals surface area contributed by atoms with Gasteiger partial charge in [-0.1, -0.05) is 133 Å². The zero-order chi connectivity index (χ0) is 28.3. The van der Waals surface area contributed by atoms with Crippen molar-refractivity contribution >= 4 is 54.3 Å². The average molecular weight is 547 g/mol. The summed E-state index contributed by atoms with van der Waals surface area (Å²) in [6.45, 7) is 0. The standard InChI is InChI=1S/C42H26O/c1-2-11-27(12-3-1)28-21-22-38-40(26-28)43-39-20-10-19-36(42(38)39)35-23-24-37(34-18-9-8-17-33(34)35)41-31-15-6-4-13-29(31)25-30-14-5-7-16-32(30)41/h1-26H. The third-order valence-electron chi connectivity index (χ3n) is 8.86. The summed E-state index contributed by atoms with van der Waals surface area (Å²) in [5, 5.41) is 9.84. The van der Waals surface area contributed by atoms with E-state index in [1.54, 1.807) is 0 Å². The maximum absolute atomic E-state index is 6.48. The van der Waals surface area contributed by atoms with Crippen LogP contribution in [0.25, 0.3) is 87.6 Å². The van der Waals surface area contributed by atoms with Crippen LogP contribution < -0.4 is 0 Å². The fourth-order valence-electron chi connectivity index (χ4n) is 6.92. The second-order valence-electron chi connectivity index (χ2n) is 11.3. The number of hydrogen-bond donors (Lipinski definition) is 0. The summed E-state index contributed by atoms with van der Waals surface area (Å²) in [7, 11) is 0. The first-order valence-corrected chi connectivity index (χ1v) is 14.8. The minimum Gasteiger partial charge on any atom is -0.456 e. The van der Waals surface area contributed by atoms with Crippen LogP contribution in [0.1, 0.15) is 0 Å². The number of furan rings is 1. The molecule has 0 fully saturated rings. The molecule has 0 saturated carbocycles. The highest BCUT2D eigenvalue weighted by Gasteiger charge is 2.18.